The Kier molecular flexibility index (Phi) is 6.40. The second-order valence-electron chi connectivity index (χ2n) is 7.66. The Morgan fingerprint density at radius 2 is 2.07 bits per heavy atom. The minimum Gasteiger partial charge on any atom is -0.493 e. The standard InChI is InChI=1S/C20H29N3O3.HI/c1-24-15-5-4-13(12-16(15)25-2)6-10-22-19(21)23-17-14-7-11-26-18(14)20(17)8-3-9-20;/h4-5,12,14,17-18H,3,6-11H2,1-2H3,(H3,21,22,23);1H. The first-order chi connectivity index (χ1) is 12.7. The molecule has 3 atom stereocenters. The van der Waals surface area contributed by atoms with E-state index in [1.807, 2.05) is 18.2 Å². The zero-order valence-corrected chi connectivity index (χ0v) is 18.4. The zero-order chi connectivity index (χ0) is 18.1. The third kappa shape index (κ3) is 3.60. The quantitative estimate of drug-likeness (QED) is 0.367. The van der Waals surface area contributed by atoms with Crippen LogP contribution in [0.1, 0.15) is 31.2 Å². The maximum Gasteiger partial charge on any atom is 0.188 e. The van der Waals surface area contributed by atoms with Gasteiger partial charge in [0.2, 0.25) is 0 Å². The molecule has 150 valence electrons. The molecule has 0 bridgehead atoms. The Balaban J connectivity index is 0.00000210. The summed E-state index contributed by atoms with van der Waals surface area (Å²) in [5, 5.41) is 3.51. The van der Waals surface area contributed by atoms with Gasteiger partial charge in [-0.15, -0.1) is 24.0 Å². The summed E-state index contributed by atoms with van der Waals surface area (Å²) in [6, 6.07) is 6.40. The molecule has 1 saturated heterocycles. The largest absolute Gasteiger partial charge is 0.493 e. The number of halogens is 1. The normalized spacial score (nSPS) is 27.8. The van der Waals surface area contributed by atoms with Crippen LogP contribution in [0.5, 0.6) is 11.5 Å². The Morgan fingerprint density at radius 1 is 1.30 bits per heavy atom. The molecule has 2 saturated carbocycles. The third-order valence-electron chi connectivity index (χ3n) is 6.47. The summed E-state index contributed by atoms with van der Waals surface area (Å²) >= 11 is 0. The molecule has 4 rings (SSSR count). The van der Waals surface area contributed by atoms with Crippen molar-refractivity contribution in [3.05, 3.63) is 23.8 Å². The minimum atomic E-state index is 0. The van der Waals surface area contributed by atoms with Crippen molar-refractivity contribution in [3.8, 4) is 11.5 Å². The molecule has 1 spiro atoms. The van der Waals surface area contributed by atoms with Gasteiger partial charge < -0.3 is 25.3 Å². The average molecular weight is 487 g/mol. The molecule has 1 aliphatic heterocycles. The number of rotatable bonds is 6. The lowest BCUT2D eigenvalue weighted by Crippen LogP contribution is -2.72. The third-order valence-corrected chi connectivity index (χ3v) is 6.47. The van der Waals surface area contributed by atoms with E-state index in [2.05, 4.69) is 10.3 Å². The molecule has 1 heterocycles. The lowest BCUT2D eigenvalue weighted by Gasteiger charge is -2.63. The SMILES string of the molecule is COc1ccc(CCN=C(N)NC2C3CCOC3C23CCC3)cc1OC.I. The number of nitrogens with zero attached hydrogens (tertiary/aromatic N) is 1. The maximum absolute atomic E-state index is 6.19. The Bertz CT molecular complexity index is 693. The summed E-state index contributed by atoms with van der Waals surface area (Å²) in [5.74, 6) is 2.65. The molecule has 1 aromatic carbocycles. The van der Waals surface area contributed by atoms with E-state index in [9.17, 15) is 0 Å². The van der Waals surface area contributed by atoms with E-state index in [1.54, 1.807) is 14.2 Å². The van der Waals surface area contributed by atoms with Crippen LogP contribution in [0.3, 0.4) is 0 Å². The molecule has 0 amide bonds. The maximum atomic E-state index is 6.19. The Hall–Kier alpha value is -1.22. The second kappa shape index (κ2) is 8.43. The Morgan fingerprint density at radius 3 is 2.74 bits per heavy atom. The monoisotopic (exact) mass is 487 g/mol. The van der Waals surface area contributed by atoms with E-state index < -0.39 is 0 Å². The fourth-order valence-electron chi connectivity index (χ4n) is 5.00. The van der Waals surface area contributed by atoms with Crippen LogP contribution in [-0.4, -0.2) is 45.5 Å². The predicted octanol–water partition coefficient (Wildman–Crippen LogP) is 2.73. The second-order valence-corrected chi connectivity index (χ2v) is 7.66. The average Bonchev–Trinajstić information content (AvgIpc) is 3.03. The number of aliphatic imine (C=N–C) groups is 1. The van der Waals surface area contributed by atoms with Gasteiger partial charge in [0.25, 0.3) is 0 Å². The van der Waals surface area contributed by atoms with Crippen molar-refractivity contribution in [1.29, 1.82) is 0 Å². The van der Waals surface area contributed by atoms with Crippen molar-refractivity contribution in [2.45, 2.75) is 44.2 Å². The molecule has 0 radical (unpaired) electrons. The molecular weight excluding hydrogens is 457 g/mol. The lowest BCUT2D eigenvalue weighted by atomic mass is 9.46. The summed E-state index contributed by atoms with van der Waals surface area (Å²) in [5.41, 5.74) is 7.67. The first-order valence-corrected chi connectivity index (χ1v) is 9.57. The number of methoxy groups -OCH3 is 2. The van der Waals surface area contributed by atoms with Crippen molar-refractivity contribution >= 4 is 29.9 Å². The number of guanidine groups is 1. The van der Waals surface area contributed by atoms with E-state index in [0.29, 0.717) is 36.0 Å². The molecule has 3 fully saturated rings. The van der Waals surface area contributed by atoms with E-state index in [0.717, 1.165) is 36.5 Å². The smallest absolute Gasteiger partial charge is 0.188 e. The van der Waals surface area contributed by atoms with Gasteiger partial charge in [-0.05, 0) is 43.4 Å². The van der Waals surface area contributed by atoms with Crippen LogP contribution in [0.25, 0.3) is 0 Å². The van der Waals surface area contributed by atoms with Gasteiger partial charge >= 0.3 is 0 Å². The highest BCUT2D eigenvalue weighted by atomic mass is 127. The molecule has 27 heavy (non-hydrogen) atoms. The number of benzene rings is 1. The first-order valence-electron chi connectivity index (χ1n) is 9.57. The fraction of sp³-hybridized carbons (Fsp3) is 0.650. The highest BCUT2D eigenvalue weighted by molar-refractivity contribution is 14.0. The highest BCUT2D eigenvalue weighted by Crippen LogP contribution is 2.62. The summed E-state index contributed by atoms with van der Waals surface area (Å²) in [7, 11) is 3.29. The van der Waals surface area contributed by atoms with Crippen LogP contribution in [0.15, 0.2) is 23.2 Å². The number of hydrogen-bond donors (Lipinski definition) is 2. The topological polar surface area (TPSA) is 78.1 Å². The van der Waals surface area contributed by atoms with Gasteiger partial charge in [-0.2, -0.15) is 0 Å². The van der Waals surface area contributed by atoms with E-state index in [4.69, 9.17) is 19.9 Å². The van der Waals surface area contributed by atoms with Crippen molar-refractivity contribution in [3.63, 3.8) is 0 Å². The van der Waals surface area contributed by atoms with Crippen molar-refractivity contribution in [2.24, 2.45) is 22.1 Å². The molecule has 3 N–H and O–H groups in total. The van der Waals surface area contributed by atoms with Crippen LogP contribution < -0.4 is 20.5 Å². The lowest BCUT2D eigenvalue weighted by molar-refractivity contribution is -0.171. The van der Waals surface area contributed by atoms with E-state index in [1.165, 1.54) is 19.3 Å². The molecular formula is C20H30IN3O3. The van der Waals surface area contributed by atoms with Gasteiger partial charge in [0.05, 0.1) is 20.3 Å². The fourth-order valence-corrected chi connectivity index (χ4v) is 5.00. The van der Waals surface area contributed by atoms with Crippen molar-refractivity contribution in [2.75, 3.05) is 27.4 Å². The van der Waals surface area contributed by atoms with E-state index >= 15 is 0 Å². The minimum absolute atomic E-state index is 0. The molecule has 1 aromatic rings. The summed E-state index contributed by atoms with van der Waals surface area (Å²) < 4.78 is 16.6. The zero-order valence-electron chi connectivity index (χ0n) is 16.1. The van der Waals surface area contributed by atoms with Gasteiger partial charge in [-0.25, -0.2) is 0 Å². The number of hydrogen-bond acceptors (Lipinski definition) is 4. The van der Waals surface area contributed by atoms with Crippen LogP contribution in [-0.2, 0) is 11.2 Å². The Labute approximate surface area is 178 Å². The number of nitrogens with one attached hydrogen (secondary N) is 1. The molecule has 3 unspecified atom stereocenters. The molecule has 3 aliphatic rings. The molecule has 7 heteroatoms. The van der Waals surface area contributed by atoms with Crippen molar-refractivity contribution < 1.29 is 14.2 Å². The van der Waals surface area contributed by atoms with Crippen LogP contribution in [0.2, 0.25) is 0 Å². The van der Waals surface area contributed by atoms with Gasteiger partial charge in [-0.1, -0.05) is 12.5 Å². The predicted molar refractivity (Wildman–Crippen MR) is 116 cm³/mol. The van der Waals surface area contributed by atoms with E-state index in [-0.39, 0.29) is 24.0 Å². The molecule has 2 aliphatic carbocycles. The first kappa shape index (κ1) is 20.5. The summed E-state index contributed by atoms with van der Waals surface area (Å²) in [4.78, 5) is 4.55. The van der Waals surface area contributed by atoms with Crippen LogP contribution >= 0.6 is 24.0 Å². The highest BCUT2D eigenvalue weighted by Gasteiger charge is 2.66. The van der Waals surface area contributed by atoms with Crippen molar-refractivity contribution in [1.82, 2.24) is 5.32 Å². The van der Waals surface area contributed by atoms with Crippen LogP contribution in [0.4, 0.5) is 0 Å². The van der Waals surface area contributed by atoms with Gasteiger partial charge in [0, 0.05) is 30.5 Å². The van der Waals surface area contributed by atoms with Gasteiger partial charge in [-0.3, -0.25) is 4.99 Å². The summed E-state index contributed by atoms with van der Waals surface area (Å²) in [6.07, 6.45) is 6.22. The number of ether oxygens (including phenoxy) is 3. The van der Waals surface area contributed by atoms with Gasteiger partial charge in [0.15, 0.2) is 17.5 Å². The molecule has 6 nitrogen and oxygen atoms in total. The summed E-state index contributed by atoms with van der Waals surface area (Å²) in [6.45, 7) is 1.55. The van der Waals surface area contributed by atoms with Crippen LogP contribution in [0, 0.1) is 11.3 Å². The number of nitrogens with two attached hydrogens (primary N) is 1. The molecule has 0 aromatic heterocycles. The van der Waals surface area contributed by atoms with Gasteiger partial charge in [0.1, 0.15) is 0 Å². The number of fused-ring (bicyclic) bond motifs is 2.